The molecule has 2 N–H and O–H groups in total. The highest BCUT2D eigenvalue weighted by Gasteiger charge is 2.34. The van der Waals surface area contributed by atoms with Gasteiger partial charge in [0.2, 0.25) is 5.91 Å². The zero-order valence-electron chi connectivity index (χ0n) is 12.9. The van der Waals surface area contributed by atoms with Gasteiger partial charge in [-0.05, 0) is 39.5 Å². The lowest BCUT2D eigenvalue weighted by Gasteiger charge is -2.39. The molecule has 116 valence electrons. The second-order valence-electron chi connectivity index (χ2n) is 6.33. The molecule has 0 aromatic rings. The maximum Gasteiger partial charge on any atom is 0.239 e. The van der Waals surface area contributed by atoms with E-state index in [-0.39, 0.29) is 5.91 Å². The second kappa shape index (κ2) is 7.38. The summed E-state index contributed by atoms with van der Waals surface area (Å²) in [7, 11) is 0. The molecule has 2 heterocycles. The van der Waals surface area contributed by atoms with E-state index in [1.54, 1.807) is 0 Å². The van der Waals surface area contributed by atoms with Crippen molar-refractivity contribution < 1.29 is 9.53 Å². The van der Waals surface area contributed by atoms with Crippen LogP contribution >= 0.6 is 0 Å². The van der Waals surface area contributed by atoms with Gasteiger partial charge in [0.25, 0.3) is 0 Å². The third kappa shape index (κ3) is 4.17. The number of amides is 1. The maximum absolute atomic E-state index is 12.4. The van der Waals surface area contributed by atoms with Gasteiger partial charge in [0.1, 0.15) is 0 Å². The first kappa shape index (κ1) is 15.7. The molecule has 0 radical (unpaired) electrons. The number of nitrogens with one attached hydrogen (secondary N) is 2. The number of piperazine rings is 1. The van der Waals surface area contributed by atoms with Crippen LogP contribution in [0, 0.1) is 0 Å². The molecule has 0 aliphatic carbocycles. The molecule has 2 rings (SSSR count). The molecule has 5 heteroatoms. The molecule has 0 saturated carbocycles. The van der Waals surface area contributed by atoms with Gasteiger partial charge in [0, 0.05) is 39.3 Å². The summed E-state index contributed by atoms with van der Waals surface area (Å²) in [6.45, 7) is 9.44. The van der Waals surface area contributed by atoms with Gasteiger partial charge in [-0.2, -0.15) is 0 Å². The summed E-state index contributed by atoms with van der Waals surface area (Å²) in [6, 6.07) is 0. The predicted octanol–water partition coefficient (Wildman–Crippen LogP) is 0.746. The highest BCUT2D eigenvalue weighted by molar-refractivity contribution is 5.85. The highest BCUT2D eigenvalue weighted by atomic mass is 16.5. The Morgan fingerprint density at radius 1 is 1.35 bits per heavy atom. The van der Waals surface area contributed by atoms with E-state index in [0.717, 1.165) is 52.2 Å². The number of rotatable bonds is 5. The maximum atomic E-state index is 12.4. The van der Waals surface area contributed by atoms with E-state index in [2.05, 4.69) is 15.5 Å². The summed E-state index contributed by atoms with van der Waals surface area (Å²) < 4.78 is 5.69. The Bertz CT molecular complexity index is 308. The first-order chi connectivity index (χ1) is 9.60. The van der Waals surface area contributed by atoms with Crippen LogP contribution in [-0.2, 0) is 9.53 Å². The molecular formula is C15H29N3O2. The van der Waals surface area contributed by atoms with Gasteiger partial charge in [-0.25, -0.2) is 0 Å². The molecule has 20 heavy (non-hydrogen) atoms. The average Bonchev–Trinajstić information content (AvgIpc) is 2.49. The minimum Gasteiger partial charge on any atom is -0.378 e. The van der Waals surface area contributed by atoms with Gasteiger partial charge in [-0.1, -0.05) is 0 Å². The van der Waals surface area contributed by atoms with Crippen molar-refractivity contribution in [2.24, 2.45) is 0 Å². The Morgan fingerprint density at radius 2 is 2.10 bits per heavy atom. The van der Waals surface area contributed by atoms with Crippen molar-refractivity contribution >= 4 is 5.91 Å². The van der Waals surface area contributed by atoms with Gasteiger partial charge >= 0.3 is 0 Å². The third-order valence-corrected chi connectivity index (χ3v) is 4.49. The molecule has 0 bridgehead atoms. The van der Waals surface area contributed by atoms with Crippen molar-refractivity contribution in [3.8, 4) is 0 Å². The summed E-state index contributed by atoms with van der Waals surface area (Å²) >= 11 is 0. The van der Waals surface area contributed by atoms with Crippen LogP contribution in [0.25, 0.3) is 0 Å². The predicted molar refractivity (Wildman–Crippen MR) is 79.7 cm³/mol. The fraction of sp³-hybridized carbons (Fsp3) is 0.933. The van der Waals surface area contributed by atoms with Crippen LogP contribution in [0.4, 0.5) is 0 Å². The number of hydrogen-bond donors (Lipinski definition) is 2. The molecule has 0 aromatic heterocycles. The molecule has 1 unspecified atom stereocenters. The van der Waals surface area contributed by atoms with E-state index in [4.69, 9.17) is 4.74 Å². The second-order valence-corrected chi connectivity index (χ2v) is 6.33. The van der Waals surface area contributed by atoms with E-state index >= 15 is 0 Å². The molecule has 0 spiro atoms. The zero-order valence-corrected chi connectivity index (χ0v) is 12.9. The van der Waals surface area contributed by atoms with Crippen molar-refractivity contribution in [1.82, 2.24) is 15.5 Å². The first-order valence-corrected chi connectivity index (χ1v) is 7.96. The van der Waals surface area contributed by atoms with Crippen molar-refractivity contribution in [3.63, 3.8) is 0 Å². The van der Waals surface area contributed by atoms with Crippen LogP contribution in [0.2, 0.25) is 0 Å². The smallest absolute Gasteiger partial charge is 0.239 e. The molecule has 1 amide bonds. The van der Waals surface area contributed by atoms with Crippen molar-refractivity contribution in [2.45, 2.75) is 51.2 Å². The fourth-order valence-corrected chi connectivity index (χ4v) is 2.97. The van der Waals surface area contributed by atoms with Crippen LogP contribution in [0.5, 0.6) is 0 Å². The van der Waals surface area contributed by atoms with Crippen LogP contribution in [0.3, 0.4) is 0 Å². The molecule has 2 aliphatic heterocycles. The van der Waals surface area contributed by atoms with Crippen LogP contribution < -0.4 is 10.6 Å². The molecule has 1 atom stereocenters. The van der Waals surface area contributed by atoms with E-state index in [1.807, 2.05) is 13.8 Å². The van der Waals surface area contributed by atoms with E-state index in [0.29, 0.717) is 6.10 Å². The zero-order chi connectivity index (χ0) is 14.4. The van der Waals surface area contributed by atoms with Gasteiger partial charge < -0.3 is 15.4 Å². The Hall–Kier alpha value is -0.650. The summed E-state index contributed by atoms with van der Waals surface area (Å²) in [5.41, 5.74) is -0.421. The lowest BCUT2D eigenvalue weighted by Crippen LogP contribution is -2.60. The van der Waals surface area contributed by atoms with Crippen molar-refractivity contribution in [2.75, 3.05) is 39.3 Å². The Balaban J connectivity index is 1.72. The Morgan fingerprint density at radius 3 is 2.75 bits per heavy atom. The van der Waals surface area contributed by atoms with E-state index < -0.39 is 5.54 Å². The number of carbonyl (C=O) groups excluding carboxylic acids is 1. The van der Waals surface area contributed by atoms with Gasteiger partial charge in [0.15, 0.2) is 0 Å². The monoisotopic (exact) mass is 283 g/mol. The topological polar surface area (TPSA) is 53.6 Å². The number of nitrogens with zero attached hydrogens (tertiary/aromatic N) is 1. The molecule has 5 nitrogen and oxygen atoms in total. The number of hydrogen-bond acceptors (Lipinski definition) is 4. The minimum atomic E-state index is -0.421. The first-order valence-electron chi connectivity index (χ1n) is 7.96. The van der Waals surface area contributed by atoms with E-state index in [9.17, 15) is 4.79 Å². The summed E-state index contributed by atoms with van der Waals surface area (Å²) in [5.74, 6) is 0.134. The molecule has 2 aliphatic rings. The number of carbonyl (C=O) groups is 1. The average molecular weight is 283 g/mol. The lowest BCUT2D eigenvalue weighted by molar-refractivity contribution is -0.132. The Labute approximate surface area is 122 Å². The largest absolute Gasteiger partial charge is 0.378 e. The standard InChI is InChI=1S/C15H29N3O2/c1-15(2,18-10-8-16-9-11-18)14(19)17-7-6-13-5-3-4-12-20-13/h13,16H,3-12H2,1-2H3,(H,17,19). The third-order valence-electron chi connectivity index (χ3n) is 4.49. The van der Waals surface area contributed by atoms with Crippen molar-refractivity contribution in [1.29, 1.82) is 0 Å². The molecule has 2 saturated heterocycles. The van der Waals surface area contributed by atoms with Gasteiger partial charge in [0.05, 0.1) is 11.6 Å². The fourth-order valence-electron chi connectivity index (χ4n) is 2.97. The summed E-state index contributed by atoms with van der Waals surface area (Å²) in [4.78, 5) is 14.7. The quantitative estimate of drug-likeness (QED) is 0.782. The highest BCUT2D eigenvalue weighted by Crippen LogP contribution is 2.17. The summed E-state index contributed by atoms with van der Waals surface area (Å²) in [6.07, 6.45) is 4.84. The van der Waals surface area contributed by atoms with Crippen LogP contribution in [0.1, 0.15) is 39.5 Å². The van der Waals surface area contributed by atoms with E-state index in [1.165, 1.54) is 12.8 Å². The number of ether oxygens (including phenoxy) is 1. The lowest BCUT2D eigenvalue weighted by atomic mass is 10.00. The Kier molecular flexibility index (Phi) is 5.81. The minimum absolute atomic E-state index is 0.134. The van der Waals surface area contributed by atoms with Gasteiger partial charge in [-0.15, -0.1) is 0 Å². The molecular weight excluding hydrogens is 254 g/mol. The SMILES string of the molecule is CC(C)(C(=O)NCCC1CCCCO1)N1CCNCC1. The normalized spacial score (nSPS) is 25.4. The van der Waals surface area contributed by atoms with Crippen LogP contribution in [0.15, 0.2) is 0 Å². The molecule has 2 fully saturated rings. The van der Waals surface area contributed by atoms with Crippen molar-refractivity contribution in [3.05, 3.63) is 0 Å². The van der Waals surface area contributed by atoms with Gasteiger partial charge in [-0.3, -0.25) is 9.69 Å². The van der Waals surface area contributed by atoms with Crippen LogP contribution in [-0.4, -0.2) is 61.8 Å². The summed E-state index contributed by atoms with van der Waals surface area (Å²) in [5, 5.41) is 6.41. The molecule has 0 aromatic carbocycles.